The zero-order chi connectivity index (χ0) is 10.7. The molecule has 0 aliphatic rings. The highest BCUT2D eigenvalue weighted by molar-refractivity contribution is 5.89. The zero-order valence-electron chi connectivity index (χ0n) is 8.99. The molecule has 0 amide bonds. The molecule has 0 saturated carbocycles. The highest BCUT2D eigenvalue weighted by Crippen LogP contribution is 2.28. The number of ether oxygens (including phenoxy) is 2. The maximum absolute atomic E-state index is 5.56. The maximum Gasteiger partial charge on any atom is 0.127 e. The maximum atomic E-state index is 5.56. The Labute approximate surface area is 89.4 Å². The predicted molar refractivity (Wildman–Crippen MR) is 61.7 cm³/mol. The lowest BCUT2D eigenvalue weighted by Crippen LogP contribution is -1.92. The van der Waals surface area contributed by atoms with Crippen molar-refractivity contribution in [3.05, 3.63) is 36.4 Å². The third kappa shape index (κ3) is 1.89. The van der Waals surface area contributed by atoms with Crippen molar-refractivity contribution in [3.8, 4) is 11.5 Å². The standard InChI is InChI=1S/C13H14O2/c1-3-15-13-6-4-5-10-7-8-11(14-2)9-12(10)13/h4-9H,3H2,1-2H3. The van der Waals surface area contributed by atoms with E-state index in [2.05, 4.69) is 6.07 Å². The van der Waals surface area contributed by atoms with Crippen molar-refractivity contribution >= 4 is 10.8 Å². The largest absolute Gasteiger partial charge is 0.497 e. The van der Waals surface area contributed by atoms with E-state index in [-0.39, 0.29) is 0 Å². The first-order valence-corrected chi connectivity index (χ1v) is 5.04. The van der Waals surface area contributed by atoms with Crippen LogP contribution in [-0.2, 0) is 0 Å². The van der Waals surface area contributed by atoms with Crippen LogP contribution in [0.5, 0.6) is 11.5 Å². The Morgan fingerprint density at radius 2 is 2.00 bits per heavy atom. The lowest BCUT2D eigenvalue weighted by molar-refractivity contribution is 0.344. The minimum Gasteiger partial charge on any atom is -0.497 e. The van der Waals surface area contributed by atoms with Crippen molar-refractivity contribution in [2.24, 2.45) is 0 Å². The molecule has 2 aromatic carbocycles. The van der Waals surface area contributed by atoms with Crippen LogP contribution in [0.1, 0.15) is 6.92 Å². The highest BCUT2D eigenvalue weighted by Gasteiger charge is 2.02. The first kappa shape index (κ1) is 9.84. The quantitative estimate of drug-likeness (QED) is 0.760. The molecule has 0 heterocycles. The van der Waals surface area contributed by atoms with Crippen LogP contribution < -0.4 is 9.47 Å². The molecule has 0 spiro atoms. The van der Waals surface area contributed by atoms with E-state index in [0.29, 0.717) is 6.61 Å². The predicted octanol–water partition coefficient (Wildman–Crippen LogP) is 3.25. The fraction of sp³-hybridized carbons (Fsp3) is 0.231. The van der Waals surface area contributed by atoms with Crippen LogP contribution in [0.15, 0.2) is 36.4 Å². The summed E-state index contributed by atoms with van der Waals surface area (Å²) in [7, 11) is 1.67. The molecule has 0 aliphatic carbocycles. The van der Waals surface area contributed by atoms with Gasteiger partial charge in [-0.05, 0) is 30.5 Å². The molecule has 0 atom stereocenters. The van der Waals surface area contributed by atoms with Crippen molar-refractivity contribution in [1.82, 2.24) is 0 Å². The summed E-state index contributed by atoms with van der Waals surface area (Å²) in [6, 6.07) is 12.0. The average Bonchev–Trinajstić information content (AvgIpc) is 2.29. The molecular formula is C13H14O2. The molecule has 0 aromatic heterocycles. The molecule has 78 valence electrons. The minimum absolute atomic E-state index is 0.677. The minimum atomic E-state index is 0.677. The Morgan fingerprint density at radius 1 is 1.13 bits per heavy atom. The Hall–Kier alpha value is -1.70. The van der Waals surface area contributed by atoms with E-state index < -0.39 is 0 Å². The normalized spacial score (nSPS) is 10.3. The van der Waals surface area contributed by atoms with Crippen molar-refractivity contribution in [3.63, 3.8) is 0 Å². The summed E-state index contributed by atoms with van der Waals surface area (Å²) in [4.78, 5) is 0. The van der Waals surface area contributed by atoms with Gasteiger partial charge < -0.3 is 9.47 Å². The zero-order valence-corrected chi connectivity index (χ0v) is 8.99. The number of methoxy groups -OCH3 is 1. The second-order valence-electron chi connectivity index (χ2n) is 3.28. The van der Waals surface area contributed by atoms with Gasteiger partial charge in [0.15, 0.2) is 0 Å². The molecule has 0 N–H and O–H groups in total. The van der Waals surface area contributed by atoms with E-state index in [1.807, 2.05) is 37.3 Å². The van der Waals surface area contributed by atoms with Gasteiger partial charge in [-0.1, -0.05) is 18.2 Å². The average molecular weight is 202 g/mol. The van der Waals surface area contributed by atoms with E-state index in [1.54, 1.807) is 7.11 Å². The van der Waals surface area contributed by atoms with Crippen LogP contribution in [0.2, 0.25) is 0 Å². The highest BCUT2D eigenvalue weighted by atomic mass is 16.5. The van der Waals surface area contributed by atoms with Gasteiger partial charge in [0, 0.05) is 5.39 Å². The summed E-state index contributed by atoms with van der Waals surface area (Å²) in [6.45, 7) is 2.66. The molecule has 0 unspecified atom stereocenters. The van der Waals surface area contributed by atoms with Gasteiger partial charge in [0.2, 0.25) is 0 Å². The van der Waals surface area contributed by atoms with E-state index in [4.69, 9.17) is 9.47 Å². The van der Waals surface area contributed by atoms with Crippen molar-refractivity contribution in [2.45, 2.75) is 6.92 Å². The molecule has 2 rings (SSSR count). The van der Waals surface area contributed by atoms with Crippen LogP contribution >= 0.6 is 0 Å². The Bertz CT molecular complexity index is 463. The van der Waals surface area contributed by atoms with Crippen LogP contribution in [0.25, 0.3) is 10.8 Å². The van der Waals surface area contributed by atoms with Crippen LogP contribution in [0.3, 0.4) is 0 Å². The van der Waals surface area contributed by atoms with E-state index in [0.717, 1.165) is 16.9 Å². The monoisotopic (exact) mass is 202 g/mol. The summed E-state index contributed by atoms with van der Waals surface area (Å²) in [6.07, 6.45) is 0. The van der Waals surface area contributed by atoms with Gasteiger partial charge in [-0.2, -0.15) is 0 Å². The van der Waals surface area contributed by atoms with Gasteiger partial charge in [0.1, 0.15) is 11.5 Å². The van der Waals surface area contributed by atoms with Crippen molar-refractivity contribution in [2.75, 3.05) is 13.7 Å². The molecule has 2 heteroatoms. The molecule has 0 bridgehead atoms. The van der Waals surface area contributed by atoms with Gasteiger partial charge in [-0.3, -0.25) is 0 Å². The number of fused-ring (bicyclic) bond motifs is 1. The van der Waals surface area contributed by atoms with E-state index in [1.165, 1.54) is 5.39 Å². The fourth-order valence-corrected chi connectivity index (χ4v) is 1.63. The Morgan fingerprint density at radius 3 is 2.73 bits per heavy atom. The van der Waals surface area contributed by atoms with Gasteiger partial charge in [0.05, 0.1) is 13.7 Å². The summed E-state index contributed by atoms with van der Waals surface area (Å²) >= 11 is 0. The Balaban J connectivity index is 2.59. The van der Waals surface area contributed by atoms with Crippen LogP contribution in [0.4, 0.5) is 0 Å². The van der Waals surface area contributed by atoms with E-state index >= 15 is 0 Å². The topological polar surface area (TPSA) is 18.5 Å². The van der Waals surface area contributed by atoms with Crippen molar-refractivity contribution in [1.29, 1.82) is 0 Å². The second-order valence-corrected chi connectivity index (χ2v) is 3.28. The first-order valence-electron chi connectivity index (χ1n) is 5.04. The van der Waals surface area contributed by atoms with Crippen LogP contribution in [0, 0.1) is 0 Å². The third-order valence-electron chi connectivity index (χ3n) is 2.35. The SMILES string of the molecule is CCOc1cccc2ccc(OC)cc12. The lowest BCUT2D eigenvalue weighted by atomic mass is 10.1. The molecule has 15 heavy (non-hydrogen) atoms. The molecule has 0 radical (unpaired) electrons. The fourth-order valence-electron chi connectivity index (χ4n) is 1.63. The summed E-state index contributed by atoms with van der Waals surface area (Å²) in [5, 5.41) is 2.26. The summed E-state index contributed by atoms with van der Waals surface area (Å²) in [5.74, 6) is 1.77. The molecule has 2 aromatic rings. The smallest absolute Gasteiger partial charge is 0.127 e. The first-order chi connectivity index (χ1) is 7.35. The number of hydrogen-bond donors (Lipinski definition) is 0. The molecule has 0 aliphatic heterocycles. The molecule has 2 nitrogen and oxygen atoms in total. The number of rotatable bonds is 3. The molecule has 0 fully saturated rings. The number of hydrogen-bond acceptors (Lipinski definition) is 2. The summed E-state index contributed by atoms with van der Waals surface area (Å²) < 4.78 is 10.8. The van der Waals surface area contributed by atoms with Crippen LogP contribution in [-0.4, -0.2) is 13.7 Å². The third-order valence-corrected chi connectivity index (χ3v) is 2.35. The van der Waals surface area contributed by atoms with Gasteiger partial charge in [-0.15, -0.1) is 0 Å². The lowest BCUT2D eigenvalue weighted by Gasteiger charge is -2.08. The molecule has 0 saturated heterocycles. The van der Waals surface area contributed by atoms with Crippen molar-refractivity contribution < 1.29 is 9.47 Å². The van der Waals surface area contributed by atoms with Gasteiger partial charge >= 0.3 is 0 Å². The van der Waals surface area contributed by atoms with Gasteiger partial charge in [0.25, 0.3) is 0 Å². The Kier molecular flexibility index (Phi) is 2.77. The second kappa shape index (κ2) is 4.22. The summed E-state index contributed by atoms with van der Waals surface area (Å²) in [5.41, 5.74) is 0. The van der Waals surface area contributed by atoms with E-state index in [9.17, 15) is 0 Å². The molecular weight excluding hydrogens is 188 g/mol. The van der Waals surface area contributed by atoms with Gasteiger partial charge in [-0.25, -0.2) is 0 Å². The number of benzene rings is 2.